The highest BCUT2D eigenvalue weighted by atomic mass is 19.4. The number of nitrogens with one attached hydrogen (secondary N) is 1. The number of hydrogen-bond acceptors (Lipinski definition) is 3. The third kappa shape index (κ3) is 5.56. The Hall–Kier alpha value is -2.35. The highest BCUT2D eigenvalue weighted by Gasteiger charge is 2.30. The number of aromatic nitrogens is 2. The molecule has 1 aromatic heterocycles. The van der Waals surface area contributed by atoms with Crippen LogP contribution in [0.25, 0.3) is 5.69 Å². The van der Waals surface area contributed by atoms with Crippen molar-refractivity contribution >= 4 is 11.7 Å². The van der Waals surface area contributed by atoms with Crippen LogP contribution in [0.2, 0.25) is 0 Å². The summed E-state index contributed by atoms with van der Waals surface area (Å²) in [5.74, 6) is -0.295. The molecule has 148 valence electrons. The number of amides is 1. The molecule has 2 rings (SSSR count). The first-order chi connectivity index (χ1) is 12.4. The third-order valence-electron chi connectivity index (χ3n) is 3.94. The maximum atomic E-state index is 12.3. The lowest BCUT2D eigenvalue weighted by atomic mass is 9.92. The number of hydrogen-bond donors (Lipinski definition) is 1. The van der Waals surface area contributed by atoms with Gasteiger partial charge in [0, 0.05) is 11.5 Å². The predicted octanol–water partition coefficient (Wildman–Crippen LogP) is 4.38. The molecule has 1 atom stereocenters. The molecule has 0 fully saturated rings. The lowest BCUT2D eigenvalue weighted by Crippen LogP contribution is -2.32. The summed E-state index contributed by atoms with van der Waals surface area (Å²) < 4.78 is 43.1. The Morgan fingerprint density at radius 1 is 1.26 bits per heavy atom. The van der Waals surface area contributed by atoms with Gasteiger partial charge in [0.15, 0.2) is 0 Å². The van der Waals surface area contributed by atoms with E-state index in [2.05, 4.69) is 15.2 Å². The van der Waals surface area contributed by atoms with Gasteiger partial charge in [-0.15, -0.1) is 0 Å². The molecule has 0 spiro atoms. The highest BCUT2D eigenvalue weighted by molar-refractivity contribution is 5.93. The zero-order valence-electron chi connectivity index (χ0n) is 16.0. The highest BCUT2D eigenvalue weighted by Crippen LogP contribution is 2.27. The van der Waals surface area contributed by atoms with Gasteiger partial charge < -0.3 is 10.1 Å². The third-order valence-corrected chi connectivity index (χ3v) is 3.94. The summed E-state index contributed by atoms with van der Waals surface area (Å²) in [6.07, 6.45) is -5.75. The van der Waals surface area contributed by atoms with E-state index >= 15 is 0 Å². The topological polar surface area (TPSA) is 56.2 Å². The predicted molar refractivity (Wildman–Crippen MR) is 97.1 cm³/mol. The van der Waals surface area contributed by atoms with Gasteiger partial charge in [-0.05, 0) is 25.5 Å². The molecule has 2 aromatic rings. The van der Waals surface area contributed by atoms with Crippen molar-refractivity contribution in [2.45, 2.75) is 52.3 Å². The van der Waals surface area contributed by atoms with Crippen molar-refractivity contribution in [2.24, 2.45) is 0 Å². The molecular formula is C19H24F3N3O2. The summed E-state index contributed by atoms with van der Waals surface area (Å²) in [7, 11) is 0. The smallest absolute Gasteiger partial charge is 0.359 e. The fourth-order valence-electron chi connectivity index (χ4n) is 2.34. The fraction of sp³-hybridized carbons (Fsp3) is 0.474. The maximum Gasteiger partial charge on any atom is 0.411 e. The Kier molecular flexibility index (Phi) is 5.99. The van der Waals surface area contributed by atoms with E-state index in [1.807, 2.05) is 52.0 Å². The van der Waals surface area contributed by atoms with Crippen LogP contribution < -0.4 is 5.32 Å². The fourth-order valence-corrected chi connectivity index (χ4v) is 2.34. The van der Waals surface area contributed by atoms with Gasteiger partial charge in [-0.2, -0.15) is 18.3 Å². The molecule has 0 aliphatic rings. The van der Waals surface area contributed by atoms with E-state index in [-0.39, 0.29) is 5.41 Å². The number of nitrogens with zero attached hydrogens (tertiary/aromatic N) is 2. The largest absolute Gasteiger partial charge is 0.411 e. The molecule has 0 saturated carbocycles. The normalized spacial score (nSPS) is 13.5. The minimum atomic E-state index is -4.49. The average Bonchev–Trinajstić information content (AvgIpc) is 2.96. The van der Waals surface area contributed by atoms with E-state index in [0.717, 1.165) is 16.9 Å². The van der Waals surface area contributed by atoms with Crippen LogP contribution in [0.5, 0.6) is 0 Å². The van der Waals surface area contributed by atoms with E-state index in [1.54, 1.807) is 10.7 Å². The van der Waals surface area contributed by atoms with Crippen LogP contribution in [0.15, 0.2) is 30.3 Å². The molecule has 5 nitrogen and oxygen atoms in total. The number of carbonyl (C=O) groups is 1. The molecule has 1 aromatic carbocycles. The lowest BCUT2D eigenvalue weighted by molar-refractivity contribution is -0.184. The monoisotopic (exact) mass is 383 g/mol. The molecule has 0 aliphatic carbocycles. The zero-order chi connectivity index (χ0) is 20.4. The summed E-state index contributed by atoms with van der Waals surface area (Å²) in [6, 6.07) is 9.23. The van der Waals surface area contributed by atoms with Crippen LogP contribution in [-0.2, 0) is 14.9 Å². The van der Waals surface area contributed by atoms with E-state index in [9.17, 15) is 18.0 Å². The number of rotatable bonds is 5. The summed E-state index contributed by atoms with van der Waals surface area (Å²) >= 11 is 0. The van der Waals surface area contributed by atoms with Crippen LogP contribution in [0, 0.1) is 6.92 Å². The molecule has 1 unspecified atom stereocenters. The molecule has 27 heavy (non-hydrogen) atoms. The van der Waals surface area contributed by atoms with Crippen LogP contribution in [0.1, 0.15) is 39.0 Å². The van der Waals surface area contributed by atoms with Crippen molar-refractivity contribution in [1.82, 2.24) is 9.78 Å². The summed E-state index contributed by atoms with van der Waals surface area (Å²) in [5, 5.41) is 7.23. The number of carbonyl (C=O) groups excluding carboxylic acids is 1. The first kappa shape index (κ1) is 21.0. The molecule has 8 heteroatoms. The number of halogens is 3. The molecule has 0 bridgehead atoms. The number of ether oxygens (including phenoxy) is 1. The SMILES string of the molecule is Cc1ccccc1-n1nc(C(C)(C)C)cc1NC(=O)C(C)OCC(F)(F)F. The average molecular weight is 383 g/mol. The Bertz CT molecular complexity index is 807. The first-order valence-corrected chi connectivity index (χ1v) is 8.54. The standard InChI is InChI=1S/C19H24F3N3O2/c1-12-8-6-7-9-14(12)25-16(10-15(24-25)18(3,4)5)23-17(26)13(2)27-11-19(20,21)22/h6-10,13H,11H2,1-5H3,(H,23,26). The van der Waals surface area contributed by atoms with Crippen LogP contribution in [-0.4, -0.2) is 34.6 Å². The number of aryl methyl sites for hydroxylation is 1. The quantitative estimate of drug-likeness (QED) is 0.833. The molecule has 0 radical (unpaired) electrons. The van der Waals surface area contributed by atoms with Gasteiger partial charge in [0.25, 0.3) is 5.91 Å². The molecule has 0 saturated heterocycles. The minimum Gasteiger partial charge on any atom is -0.359 e. The van der Waals surface area contributed by atoms with Crippen molar-refractivity contribution in [3.8, 4) is 5.69 Å². The van der Waals surface area contributed by atoms with Gasteiger partial charge in [0.05, 0.1) is 11.4 Å². The summed E-state index contributed by atoms with van der Waals surface area (Å²) in [5.41, 5.74) is 2.18. The first-order valence-electron chi connectivity index (χ1n) is 8.54. The lowest BCUT2D eigenvalue weighted by Gasteiger charge is -2.16. The Morgan fingerprint density at radius 2 is 1.89 bits per heavy atom. The van der Waals surface area contributed by atoms with E-state index in [1.165, 1.54) is 6.92 Å². The summed E-state index contributed by atoms with van der Waals surface area (Å²) in [4.78, 5) is 12.3. The van der Waals surface area contributed by atoms with Crippen molar-refractivity contribution in [1.29, 1.82) is 0 Å². The second kappa shape index (κ2) is 7.72. The van der Waals surface area contributed by atoms with Gasteiger partial charge in [-0.1, -0.05) is 39.0 Å². The van der Waals surface area contributed by atoms with Crippen molar-refractivity contribution < 1.29 is 22.7 Å². The Labute approximate surface area is 156 Å². The molecular weight excluding hydrogens is 359 g/mol. The molecule has 0 aliphatic heterocycles. The second-order valence-electron chi connectivity index (χ2n) is 7.42. The van der Waals surface area contributed by atoms with E-state index in [0.29, 0.717) is 5.82 Å². The number of para-hydroxylation sites is 1. The maximum absolute atomic E-state index is 12.3. The molecule has 1 N–H and O–H groups in total. The minimum absolute atomic E-state index is 0.272. The zero-order valence-corrected chi connectivity index (χ0v) is 16.0. The number of alkyl halides is 3. The van der Waals surface area contributed by atoms with E-state index in [4.69, 9.17) is 0 Å². The van der Waals surface area contributed by atoms with Gasteiger partial charge in [0.2, 0.25) is 0 Å². The summed E-state index contributed by atoms with van der Waals surface area (Å²) in [6.45, 7) is 7.66. The van der Waals surface area contributed by atoms with Gasteiger partial charge in [-0.3, -0.25) is 4.79 Å². The Balaban J connectivity index is 2.31. The van der Waals surface area contributed by atoms with E-state index < -0.39 is 24.8 Å². The van der Waals surface area contributed by atoms with Crippen molar-refractivity contribution in [3.05, 3.63) is 41.6 Å². The second-order valence-corrected chi connectivity index (χ2v) is 7.42. The number of anilines is 1. The number of benzene rings is 1. The van der Waals surface area contributed by atoms with Gasteiger partial charge >= 0.3 is 6.18 Å². The Morgan fingerprint density at radius 3 is 2.44 bits per heavy atom. The van der Waals surface area contributed by atoms with Crippen molar-refractivity contribution in [3.63, 3.8) is 0 Å². The van der Waals surface area contributed by atoms with Crippen LogP contribution in [0.4, 0.5) is 19.0 Å². The molecule has 1 heterocycles. The van der Waals surface area contributed by atoms with Gasteiger partial charge in [-0.25, -0.2) is 4.68 Å². The van der Waals surface area contributed by atoms with Crippen LogP contribution in [0.3, 0.4) is 0 Å². The van der Waals surface area contributed by atoms with Gasteiger partial charge in [0.1, 0.15) is 18.5 Å². The van der Waals surface area contributed by atoms with Crippen LogP contribution >= 0.6 is 0 Å². The molecule has 1 amide bonds. The van der Waals surface area contributed by atoms with Crippen molar-refractivity contribution in [2.75, 3.05) is 11.9 Å².